The zero-order valence-electron chi connectivity index (χ0n) is 27.8. The van der Waals surface area contributed by atoms with Gasteiger partial charge in [0.2, 0.25) is 0 Å². The summed E-state index contributed by atoms with van der Waals surface area (Å²) in [5.74, 6) is 7.46. The number of hydrogen-bond acceptors (Lipinski definition) is 7. The van der Waals surface area contributed by atoms with Gasteiger partial charge in [0.25, 0.3) is 0 Å². The SMILES string of the molecule is CCC1C#CCC(C(O)CCc2ccc(O)c(OC(CO)CC(c3ccnc(N)c3)C3(c4ccc[nH]4)CCCC3)c2)C(O)CCCC1. The molecule has 1 aromatic carbocycles. The molecule has 254 valence electrons. The largest absolute Gasteiger partial charge is 0.504 e. The summed E-state index contributed by atoms with van der Waals surface area (Å²) in [5, 5.41) is 43.5. The van der Waals surface area contributed by atoms with E-state index < -0.39 is 18.3 Å². The third kappa shape index (κ3) is 8.70. The summed E-state index contributed by atoms with van der Waals surface area (Å²) in [6.07, 6.45) is 12.8. The number of nitrogens with zero attached hydrogens (tertiary/aromatic N) is 1. The highest BCUT2D eigenvalue weighted by atomic mass is 16.5. The number of aryl methyl sites for hydroxylation is 1. The predicted octanol–water partition coefficient (Wildman–Crippen LogP) is 6.39. The number of phenols is 1. The first-order valence-corrected chi connectivity index (χ1v) is 17.6. The minimum atomic E-state index is -0.702. The lowest BCUT2D eigenvalue weighted by Gasteiger charge is -2.39. The molecule has 6 atom stereocenters. The summed E-state index contributed by atoms with van der Waals surface area (Å²) in [7, 11) is 0. The van der Waals surface area contributed by atoms with Gasteiger partial charge in [0.05, 0.1) is 18.8 Å². The van der Waals surface area contributed by atoms with Gasteiger partial charge in [-0.15, -0.1) is 5.92 Å². The molecule has 1 fully saturated rings. The fourth-order valence-electron chi connectivity index (χ4n) is 7.94. The van der Waals surface area contributed by atoms with Gasteiger partial charge in [-0.3, -0.25) is 0 Å². The van der Waals surface area contributed by atoms with E-state index in [0.29, 0.717) is 49.6 Å². The van der Waals surface area contributed by atoms with Crippen molar-refractivity contribution in [3.05, 3.63) is 71.7 Å². The summed E-state index contributed by atoms with van der Waals surface area (Å²) in [6, 6.07) is 13.4. The zero-order chi connectivity index (χ0) is 33.2. The number of aliphatic hydroxyl groups excluding tert-OH is 3. The molecule has 0 saturated heterocycles. The van der Waals surface area contributed by atoms with E-state index in [0.717, 1.165) is 62.5 Å². The molecule has 0 aliphatic heterocycles. The number of nitrogen functional groups attached to an aromatic ring is 1. The van der Waals surface area contributed by atoms with Crippen molar-refractivity contribution in [2.75, 3.05) is 12.3 Å². The molecule has 2 heterocycles. The van der Waals surface area contributed by atoms with Gasteiger partial charge in [-0.25, -0.2) is 4.98 Å². The predicted molar refractivity (Wildman–Crippen MR) is 185 cm³/mol. The summed E-state index contributed by atoms with van der Waals surface area (Å²) in [4.78, 5) is 7.70. The van der Waals surface area contributed by atoms with Crippen LogP contribution < -0.4 is 10.5 Å². The Kier molecular flexibility index (Phi) is 12.3. The highest BCUT2D eigenvalue weighted by Gasteiger charge is 2.45. The van der Waals surface area contributed by atoms with Crippen molar-refractivity contribution >= 4 is 5.82 Å². The molecule has 2 aliphatic rings. The molecule has 5 rings (SSSR count). The first-order valence-electron chi connectivity index (χ1n) is 17.6. The summed E-state index contributed by atoms with van der Waals surface area (Å²) >= 11 is 0. The summed E-state index contributed by atoms with van der Waals surface area (Å²) in [6.45, 7) is 1.94. The van der Waals surface area contributed by atoms with Crippen LogP contribution in [0.3, 0.4) is 0 Å². The minimum Gasteiger partial charge on any atom is -0.504 e. The third-order valence-electron chi connectivity index (χ3n) is 10.7. The van der Waals surface area contributed by atoms with Gasteiger partial charge in [0, 0.05) is 41.8 Å². The number of aromatic hydroxyl groups is 1. The monoisotopic (exact) mass is 643 g/mol. The molecular weight excluding hydrogens is 590 g/mol. The molecule has 0 amide bonds. The molecule has 0 spiro atoms. The lowest BCUT2D eigenvalue weighted by molar-refractivity contribution is 0.00559. The van der Waals surface area contributed by atoms with E-state index in [1.54, 1.807) is 18.3 Å². The Bertz CT molecular complexity index is 1460. The van der Waals surface area contributed by atoms with Crippen molar-refractivity contribution in [3.8, 4) is 23.3 Å². The van der Waals surface area contributed by atoms with Crippen LogP contribution in [0.1, 0.15) is 107 Å². The number of nitrogens with one attached hydrogen (secondary N) is 1. The van der Waals surface area contributed by atoms with Crippen LogP contribution in [-0.4, -0.2) is 55.3 Å². The van der Waals surface area contributed by atoms with Crippen molar-refractivity contribution in [2.45, 2.75) is 120 Å². The number of pyridine rings is 1. The Hall–Kier alpha value is -3.51. The van der Waals surface area contributed by atoms with Crippen molar-refractivity contribution < 1.29 is 25.2 Å². The van der Waals surface area contributed by atoms with E-state index in [-0.39, 0.29) is 29.6 Å². The number of nitrogens with two attached hydrogens (primary N) is 1. The highest BCUT2D eigenvalue weighted by Crippen LogP contribution is 2.52. The Balaban J connectivity index is 1.31. The van der Waals surface area contributed by atoms with Gasteiger partial charge in [-0.2, -0.15) is 0 Å². The normalized spacial score (nSPS) is 23.3. The number of rotatable bonds is 13. The number of aromatic amines is 1. The molecule has 1 saturated carbocycles. The lowest BCUT2D eigenvalue weighted by atomic mass is 9.66. The first-order chi connectivity index (χ1) is 22.8. The number of anilines is 1. The molecule has 8 heteroatoms. The van der Waals surface area contributed by atoms with Crippen LogP contribution in [0.5, 0.6) is 11.5 Å². The highest BCUT2D eigenvalue weighted by molar-refractivity contribution is 5.42. The van der Waals surface area contributed by atoms with Crippen LogP contribution >= 0.6 is 0 Å². The third-order valence-corrected chi connectivity index (χ3v) is 10.7. The molecule has 8 nitrogen and oxygen atoms in total. The Morgan fingerprint density at radius 2 is 1.91 bits per heavy atom. The van der Waals surface area contributed by atoms with E-state index in [4.69, 9.17) is 10.5 Å². The number of hydrogen-bond donors (Lipinski definition) is 6. The Morgan fingerprint density at radius 1 is 1.11 bits per heavy atom. The van der Waals surface area contributed by atoms with E-state index in [2.05, 4.69) is 34.8 Å². The van der Waals surface area contributed by atoms with Gasteiger partial charge in [0.15, 0.2) is 11.5 Å². The number of benzene rings is 1. The maximum Gasteiger partial charge on any atom is 0.161 e. The molecular formula is C39H53N3O5. The molecule has 0 bridgehead atoms. The van der Waals surface area contributed by atoms with Crippen LogP contribution in [0.15, 0.2) is 54.9 Å². The zero-order valence-corrected chi connectivity index (χ0v) is 27.8. The Morgan fingerprint density at radius 3 is 2.64 bits per heavy atom. The molecule has 47 heavy (non-hydrogen) atoms. The molecule has 6 unspecified atom stereocenters. The lowest BCUT2D eigenvalue weighted by Crippen LogP contribution is -2.36. The van der Waals surface area contributed by atoms with Crippen molar-refractivity contribution in [1.29, 1.82) is 0 Å². The number of phenolic OH excluding ortho intramolecular Hbond substituents is 1. The fraction of sp³-hybridized carbons (Fsp3) is 0.564. The maximum absolute atomic E-state index is 11.2. The number of ether oxygens (including phenoxy) is 1. The molecule has 2 aliphatic carbocycles. The van der Waals surface area contributed by atoms with E-state index in [9.17, 15) is 20.4 Å². The fourth-order valence-corrected chi connectivity index (χ4v) is 7.94. The average molecular weight is 644 g/mol. The minimum absolute atomic E-state index is 0.000842. The maximum atomic E-state index is 11.2. The van der Waals surface area contributed by atoms with Gasteiger partial charge in [0.1, 0.15) is 11.9 Å². The second-order valence-electron chi connectivity index (χ2n) is 13.7. The van der Waals surface area contributed by atoms with Crippen molar-refractivity contribution in [1.82, 2.24) is 9.97 Å². The quantitative estimate of drug-likeness (QED) is 0.118. The Labute approximate surface area is 279 Å². The van der Waals surface area contributed by atoms with Crippen molar-refractivity contribution in [2.24, 2.45) is 11.8 Å². The second kappa shape index (κ2) is 16.5. The number of aliphatic hydroxyl groups is 3. The van der Waals surface area contributed by atoms with Crippen LogP contribution in [0.2, 0.25) is 0 Å². The first kappa shape index (κ1) is 34.8. The van der Waals surface area contributed by atoms with Crippen molar-refractivity contribution in [3.63, 3.8) is 0 Å². The molecule has 3 aromatic rings. The summed E-state index contributed by atoms with van der Waals surface area (Å²) < 4.78 is 6.38. The number of aromatic nitrogens is 2. The second-order valence-corrected chi connectivity index (χ2v) is 13.7. The van der Waals surface area contributed by atoms with Crippen LogP contribution in [0, 0.1) is 23.7 Å². The van der Waals surface area contributed by atoms with Gasteiger partial charge in [-0.05, 0) is 105 Å². The topological polar surface area (TPSA) is 145 Å². The van der Waals surface area contributed by atoms with Gasteiger partial charge >= 0.3 is 0 Å². The van der Waals surface area contributed by atoms with Crippen LogP contribution in [-0.2, 0) is 11.8 Å². The number of H-pyrrole nitrogens is 1. The average Bonchev–Trinajstić information content (AvgIpc) is 3.80. The molecule has 7 N–H and O–H groups in total. The standard InChI is InChI=1S/C39H53N3O5/c1-2-27-9-3-4-12-33(44)31(11-7-10-27)34(45)16-14-28-15-17-35(46)36(23-28)47-30(26-43)25-32(29-18-22-42-38(40)24-29)39(19-5-6-20-39)37-13-8-21-41-37/h8,13,15,17-18,21-24,27,30-34,41,43-46H,2-6,9,11-12,14,16,19-20,25-26H2,1H3,(H2,40,42). The molecule has 0 radical (unpaired) electrons. The van der Waals surface area contributed by atoms with Gasteiger partial charge < -0.3 is 35.9 Å². The molecule has 2 aromatic heterocycles. The van der Waals surface area contributed by atoms with E-state index in [1.165, 1.54) is 5.69 Å². The van der Waals surface area contributed by atoms with Gasteiger partial charge in [-0.1, -0.05) is 44.6 Å². The van der Waals surface area contributed by atoms with E-state index >= 15 is 0 Å². The summed E-state index contributed by atoms with van der Waals surface area (Å²) in [5.41, 5.74) is 9.11. The van der Waals surface area contributed by atoms with Crippen LogP contribution in [0.4, 0.5) is 5.82 Å². The van der Waals surface area contributed by atoms with E-state index in [1.807, 2.05) is 30.5 Å². The smallest absolute Gasteiger partial charge is 0.161 e. The van der Waals surface area contributed by atoms with Crippen LogP contribution in [0.25, 0.3) is 0 Å².